The van der Waals surface area contributed by atoms with Crippen LogP contribution in [0.3, 0.4) is 0 Å². The van der Waals surface area contributed by atoms with Gasteiger partial charge in [-0.1, -0.05) is 0 Å². The van der Waals surface area contributed by atoms with Crippen LogP contribution in [0.15, 0.2) is 12.1 Å². The lowest BCUT2D eigenvalue weighted by Gasteiger charge is -2.18. The molecule has 3 N–H and O–H groups in total. The number of aromatic hydroxyl groups is 1. The number of hydrogen-bond donors (Lipinski definition) is 3. The Hall–Kier alpha value is -1.55. The molecular weight excluding hydrogens is 208 g/mol. The molecule has 0 amide bonds. The number of carboxylic acids is 1. The maximum atomic E-state index is 10.7. The van der Waals surface area contributed by atoms with Crippen LogP contribution in [0.5, 0.6) is 5.75 Å². The molecule has 2 rings (SSSR count). The van der Waals surface area contributed by atoms with Gasteiger partial charge in [0.15, 0.2) is 6.10 Å². The van der Waals surface area contributed by atoms with Crippen LogP contribution in [0.4, 0.5) is 0 Å². The number of aliphatic hydroxyl groups is 1. The molecule has 86 valence electrons. The van der Waals surface area contributed by atoms with E-state index < -0.39 is 12.1 Å². The predicted octanol–water partition coefficient (Wildman–Crippen LogP) is 1.39. The van der Waals surface area contributed by atoms with Gasteiger partial charge in [0.2, 0.25) is 0 Å². The van der Waals surface area contributed by atoms with E-state index in [9.17, 15) is 15.0 Å². The van der Waals surface area contributed by atoms with Gasteiger partial charge in [-0.25, -0.2) is 4.79 Å². The molecular formula is C12H14O4. The molecule has 1 aliphatic carbocycles. The fraction of sp³-hybridized carbons (Fsp3) is 0.417. The summed E-state index contributed by atoms with van der Waals surface area (Å²) < 4.78 is 0. The quantitative estimate of drug-likeness (QED) is 0.706. The van der Waals surface area contributed by atoms with Crippen LogP contribution in [-0.4, -0.2) is 21.3 Å². The van der Waals surface area contributed by atoms with Crippen LogP contribution in [0, 0.1) is 0 Å². The lowest BCUT2D eigenvalue weighted by Crippen LogP contribution is -2.12. The Labute approximate surface area is 93.2 Å². The Morgan fingerprint density at radius 2 is 1.75 bits per heavy atom. The van der Waals surface area contributed by atoms with E-state index in [0.29, 0.717) is 0 Å². The number of aryl methyl sites for hydroxylation is 2. The molecule has 0 saturated heterocycles. The number of phenolic OH excluding ortho intramolecular Hbond substituents is 1. The van der Waals surface area contributed by atoms with Gasteiger partial charge in [-0.15, -0.1) is 0 Å². The normalized spacial score (nSPS) is 16.6. The van der Waals surface area contributed by atoms with Gasteiger partial charge in [-0.3, -0.25) is 0 Å². The minimum absolute atomic E-state index is 0.0909. The predicted molar refractivity (Wildman–Crippen MR) is 57.3 cm³/mol. The Morgan fingerprint density at radius 3 is 2.31 bits per heavy atom. The van der Waals surface area contributed by atoms with E-state index in [0.717, 1.165) is 36.8 Å². The number of rotatable bonds is 2. The van der Waals surface area contributed by atoms with E-state index in [-0.39, 0.29) is 11.3 Å². The molecule has 4 heteroatoms. The molecule has 1 atom stereocenters. The Bertz CT molecular complexity index is 425. The highest BCUT2D eigenvalue weighted by molar-refractivity contribution is 5.75. The maximum Gasteiger partial charge on any atom is 0.337 e. The van der Waals surface area contributed by atoms with Gasteiger partial charge in [0, 0.05) is 5.56 Å². The first-order valence-corrected chi connectivity index (χ1v) is 5.35. The van der Waals surface area contributed by atoms with E-state index in [1.807, 2.05) is 0 Å². The van der Waals surface area contributed by atoms with Crippen molar-refractivity contribution in [3.63, 3.8) is 0 Å². The van der Waals surface area contributed by atoms with E-state index in [4.69, 9.17) is 5.11 Å². The molecule has 0 spiro atoms. The molecule has 0 aliphatic heterocycles. The SMILES string of the molecule is O=C(O)C(O)c1cc2c(cc1O)CCCC2. The Morgan fingerprint density at radius 1 is 1.19 bits per heavy atom. The summed E-state index contributed by atoms with van der Waals surface area (Å²) in [6, 6.07) is 3.19. The van der Waals surface area contributed by atoms with Crippen molar-refractivity contribution in [1.82, 2.24) is 0 Å². The van der Waals surface area contributed by atoms with Crippen LogP contribution in [0.1, 0.15) is 35.6 Å². The molecule has 1 aliphatic rings. The summed E-state index contributed by atoms with van der Waals surface area (Å²) in [7, 11) is 0. The van der Waals surface area contributed by atoms with Gasteiger partial charge in [0.05, 0.1) is 0 Å². The summed E-state index contributed by atoms with van der Waals surface area (Å²) >= 11 is 0. The Balaban J connectivity index is 2.43. The smallest absolute Gasteiger partial charge is 0.337 e. The highest BCUT2D eigenvalue weighted by Gasteiger charge is 2.22. The van der Waals surface area contributed by atoms with E-state index in [1.165, 1.54) is 0 Å². The molecule has 0 saturated carbocycles. The van der Waals surface area contributed by atoms with Gasteiger partial charge >= 0.3 is 5.97 Å². The summed E-state index contributed by atoms with van der Waals surface area (Å²) in [5.74, 6) is -1.47. The number of fused-ring (bicyclic) bond motifs is 1. The topological polar surface area (TPSA) is 77.8 Å². The number of carboxylic acid groups (broad SMARTS) is 1. The molecule has 16 heavy (non-hydrogen) atoms. The average Bonchev–Trinajstić information content (AvgIpc) is 2.27. The van der Waals surface area contributed by atoms with Crippen LogP contribution in [0.25, 0.3) is 0 Å². The molecule has 1 aromatic carbocycles. The van der Waals surface area contributed by atoms with Gasteiger partial charge in [-0.05, 0) is 48.9 Å². The summed E-state index contributed by atoms with van der Waals surface area (Å²) in [4.78, 5) is 10.7. The highest BCUT2D eigenvalue weighted by Crippen LogP contribution is 2.31. The minimum Gasteiger partial charge on any atom is -0.508 e. The maximum absolute atomic E-state index is 10.7. The van der Waals surface area contributed by atoms with Crippen molar-refractivity contribution in [2.24, 2.45) is 0 Å². The molecule has 4 nitrogen and oxygen atoms in total. The fourth-order valence-corrected chi connectivity index (χ4v) is 2.14. The standard InChI is InChI=1S/C12H14O4/c13-10-6-8-4-2-1-3-7(8)5-9(10)11(14)12(15)16/h5-6,11,13-14H,1-4H2,(H,15,16). The number of aliphatic carboxylic acids is 1. The van der Waals surface area contributed by atoms with Crippen molar-refractivity contribution >= 4 is 5.97 Å². The monoisotopic (exact) mass is 222 g/mol. The molecule has 0 heterocycles. The Kier molecular flexibility index (Phi) is 2.83. The number of aliphatic hydroxyl groups excluding tert-OH is 1. The largest absolute Gasteiger partial charge is 0.508 e. The van der Waals surface area contributed by atoms with Crippen LogP contribution in [-0.2, 0) is 17.6 Å². The summed E-state index contributed by atoms with van der Waals surface area (Å²) in [6.45, 7) is 0. The second-order valence-electron chi connectivity index (χ2n) is 4.13. The van der Waals surface area contributed by atoms with Crippen molar-refractivity contribution in [3.8, 4) is 5.75 Å². The van der Waals surface area contributed by atoms with Gasteiger partial charge < -0.3 is 15.3 Å². The molecule has 1 aromatic rings. The van der Waals surface area contributed by atoms with Gasteiger partial charge in [0.1, 0.15) is 5.75 Å². The van der Waals surface area contributed by atoms with Crippen LogP contribution >= 0.6 is 0 Å². The second kappa shape index (κ2) is 4.14. The number of benzene rings is 1. The van der Waals surface area contributed by atoms with E-state index >= 15 is 0 Å². The first-order chi connectivity index (χ1) is 7.59. The van der Waals surface area contributed by atoms with Crippen LogP contribution < -0.4 is 0 Å². The number of phenols is 1. The minimum atomic E-state index is -1.65. The summed E-state index contributed by atoms with van der Waals surface area (Å²) in [6.07, 6.45) is 2.31. The zero-order valence-corrected chi connectivity index (χ0v) is 8.81. The summed E-state index contributed by atoms with van der Waals surface area (Å²) in [5.41, 5.74) is 2.19. The highest BCUT2D eigenvalue weighted by atomic mass is 16.4. The molecule has 0 fully saturated rings. The van der Waals surface area contributed by atoms with Crippen molar-refractivity contribution < 1.29 is 20.1 Å². The fourth-order valence-electron chi connectivity index (χ4n) is 2.14. The third-order valence-corrected chi connectivity index (χ3v) is 3.02. The van der Waals surface area contributed by atoms with Crippen molar-refractivity contribution in [1.29, 1.82) is 0 Å². The second-order valence-corrected chi connectivity index (χ2v) is 4.13. The molecule has 0 bridgehead atoms. The van der Waals surface area contributed by atoms with Crippen molar-refractivity contribution in [2.45, 2.75) is 31.8 Å². The zero-order valence-electron chi connectivity index (χ0n) is 8.81. The molecule has 0 aromatic heterocycles. The van der Waals surface area contributed by atoms with Gasteiger partial charge in [-0.2, -0.15) is 0 Å². The van der Waals surface area contributed by atoms with E-state index in [2.05, 4.69) is 0 Å². The van der Waals surface area contributed by atoms with E-state index in [1.54, 1.807) is 12.1 Å². The zero-order chi connectivity index (χ0) is 11.7. The lowest BCUT2D eigenvalue weighted by molar-refractivity contribution is -0.147. The first kappa shape index (κ1) is 11.0. The van der Waals surface area contributed by atoms with Gasteiger partial charge in [0.25, 0.3) is 0 Å². The average molecular weight is 222 g/mol. The van der Waals surface area contributed by atoms with Crippen molar-refractivity contribution in [3.05, 3.63) is 28.8 Å². The number of hydrogen-bond acceptors (Lipinski definition) is 3. The number of carbonyl (C=O) groups is 1. The molecule has 0 radical (unpaired) electrons. The molecule has 1 unspecified atom stereocenters. The third-order valence-electron chi connectivity index (χ3n) is 3.02. The summed E-state index contributed by atoms with van der Waals surface area (Å²) in [5, 5.41) is 27.8. The van der Waals surface area contributed by atoms with Crippen molar-refractivity contribution in [2.75, 3.05) is 0 Å². The lowest BCUT2D eigenvalue weighted by atomic mass is 9.89. The van der Waals surface area contributed by atoms with Crippen LogP contribution in [0.2, 0.25) is 0 Å². The first-order valence-electron chi connectivity index (χ1n) is 5.35. The third kappa shape index (κ3) is 1.88.